The van der Waals surface area contributed by atoms with Crippen molar-refractivity contribution in [2.75, 3.05) is 0 Å². The van der Waals surface area contributed by atoms with E-state index in [-0.39, 0.29) is 11.5 Å². The van der Waals surface area contributed by atoms with Gasteiger partial charge in [-0.05, 0) is 31.9 Å². The minimum absolute atomic E-state index is 0.00786. The second-order valence-corrected chi connectivity index (χ2v) is 8.53. The summed E-state index contributed by atoms with van der Waals surface area (Å²) in [7, 11) is 0. The quantitative estimate of drug-likeness (QED) is 0.422. The number of carbonyl (C=O) groups is 1. The molecule has 10 heteroatoms. The minimum atomic E-state index is -0.307. The molecule has 0 saturated carbocycles. The van der Waals surface area contributed by atoms with Gasteiger partial charge in [0.25, 0.3) is 0 Å². The fourth-order valence-electron chi connectivity index (χ4n) is 2.87. The summed E-state index contributed by atoms with van der Waals surface area (Å²) in [6, 6.07) is 3.80. The summed E-state index contributed by atoms with van der Waals surface area (Å²) in [6.07, 6.45) is 5.88. The zero-order valence-corrected chi connectivity index (χ0v) is 17.5. The van der Waals surface area contributed by atoms with E-state index in [1.165, 1.54) is 38.2 Å². The molecule has 4 aromatic heterocycles. The molecular weight excluding hydrogens is 408 g/mol. The van der Waals surface area contributed by atoms with Crippen molar-refractivity contribution in [2.24, 2.45) is 0 Å². The van der Waals surface area contributed by atoms with Crippen molar-refractivity contribution in [1.82, 2.24) is 29.3 Å². The maximum absolute atomic E-state index is 12.7. The fraction of sp³-hybridized carbons (Fsp3) is 0.263. The molecule has 0 aliphatic rings. The van der Waals surface area contributed by atoms with Crippen LogP contribution in [0.3, 0.4) is 0 Å². The van der Waals surface area contributed by atoms with Crippen molar-refractivity contribution in [3.8, 4) is 5.13 Å². The molecule has 148 valence electrons. The number of rotatable bonds is 7. The molecule has 0 radical (unpaired) electrons. The molecule has 0 aromatic carbocycles. The number of ketones is 1. The first-order valence-electron chi connectivity index (χ1n) is 8.96. The molecule has 4 aromatic rings. The van der Waals surface area contributed by atoms with Crippen LogP contribution >= 0.6 is 22.7 Å². The summed E-state index contributed by atoms with van der Waals surface area (Å²) >= 11 is 2.74. The lowest BCUT2D eigenvalue weighted by molar-refractivity contribution is 0.0986. The van der Waals surface area contributed by atoms with Crippen molar-refractivity contribution in [1.29, 1.82) is 0 Å². The molecule has 8 nitrogen and oxygen atoms in total. The van der Waals surface area contributed by atoms with Crippen molar-refractivity contribution < 1.29 is 4.79 Å². The summed E-state index contributed by atoms with van der Waals surface area (Å²) in [6.45, 7) is 4.00. The third-order valence-electron chi connectivity index (χ3n) is 4.32. The largest absolute Gasteiger partial charge is 0.352 e. The smallest absolute Gasteiger partial charge is 0.293 e. The van der Waals surface area contributed by atoms with E-state index in [0.29, 0.717) is 35.1 Å². The van der Waals surface area contributed by atoms with Crippen LogP contribution in [0.4, 0.5) is 0 Å². The minimum Gasteiger partial charge on any atom is -0.293 e. The summed E-state index contributed by atoms with van der Waals surface area (Å²) in [5, 5.41) is 7.46. The molecule has 0 amide bonds. The van der Waals surface area contributed by atoms with E-state index in [1.807, 2.05) is 24.4 Å². The van der Waals surface area contributed by atoms with Gasteiger partial charge in [0.2, 0.25) is 0 Å². The number of hydrogen-bond acceptors (Lipinski definition) is 8. The highest BCUT2D eigenvalue weighted by molar-refractivity contribution is 7.16. The first-order chi connectivity index (χ1) is 14.0. The van der Waals surface area contributed by atoms with Gasteiger partial charge < -0.3 is 0 Å². The summed E-state index contributed by atoms with van der Waals surface area (Å²) in [5.74, 6) is 0.00786. The van der Waals surface area contributed by atoms with Gasteiger partial charge in [-0.1, -0.05) is 17.4 Å². The third kappa shape index (κ3) is 4.22. The zero-order valence-electron chi connectivity index (χ0n) is 15.9. The van der Waals surface area contributed by atoms with Gasteiger partial charge in [-0.15, -0.1) is 11.3 Å². The predicted octanol–water partition coefficient (Wildman–Crippen LogP) is 2.82. The number of carbonyl (C=O) groups excluding carboxylic acids is 1. The molecule has 0 fully saturated rings. The van der Waals surface area contributed by atoms with Crippen LogP contribution in [0.5, 0.6) is 0 Å². The molecule has 0 aliphatic carbocycles. The van der Waals surface area contributed by atoms with Crippen LogP contribution < -0.4 is 5.69 Å². The number of hydrogen-bond donors (Lipinski definition) is 0. The van der Waals surface area contributed by atoms with Gasteiger partial charge in [0.05, 0.1) is 27.8 Å². The highest BCUT2D eigenvalue weighted by Crippen LogP contribution is 2.22. The first-order valence-corrected chi connectivity index (χ1v) is 10.7. The van der Waals surface area contributed by atoms with Crippen molar-refractivity contribution in [3.05, 3.63) is 73.6 Å². The molecule has 4 heterocycles. The van der Waals surface area contributed by atoms with Gasteiger partial charge in [-0.25, -0.2) is 24.0 Å². The van der Waals surface area contributed by atoms with Gasteiger partial charge >= 0.3 is 5.69 Å². The lowest BCUT2D eigenvalue weighted by atomic mass is 10.1. The zero-order chi connectivity index (χ0) is 20.4. The highest BCUT2D eigenvalue weighted by atomic mass is 32.1. The van der Waals surface area contributed by atoms with E-state index in [2.05, 4.69) is 20.1 Å². The molecule has 4 rings (SSSR count). The Morgan fingerprint density at radius 1 is 1.24 bits per heavy atom. The van der Waals surface area contributed by atoms with Crippen molar-refractivity contribution >= 4 is 28.5 Å². The first kappa shape index (κ1) is 19.3. The van der Waals surface area contributed by atoms with Gasteiger partial charge in [0.1, 0.15) is 6.33 Å². The molecule has 0 saturated heterocycles. The van der Waals surface area contributed by atoms with Gasteiger partial charge in [0.15, 0.2) is 10.9 Å². The normalized spacial score (nSPS) is 11.1. The Morgan fingerprint density at radius 3 is 2.83 bits per heavy atom. The Kier molecular flexibility index (Phi) is 5.45. The molecule has 0 aliphatic heterocycles. The monoisotopic (exact) mass is 426 g/mol. The van der Waals surface area contributed by atoms with E-state index >= 15 is 0 Å². The van der Waals surface area contributed by atoms with Gasteiger partial charge in [0, 0.05) is 24.2 Å². The summed E-state index contributed by atoms with van der Waals surface area (Å²) in [4.78, 5) is 38.8. The molecule has 0 atom stereocenters. The Bertz CT molecular complexity index is 1210. The van der Waals surface area contributed by atoms with Crippen LogP contribution in [0, 0.1) is 13.8 Å². The molecule has 0 spiro atoms. The summed E-state index contributed by atoms with van der Waals surface area (Å²) < 4.78 is 2.71. The number of aromatic nitrogens is 6. The van der Waals surface area contributed by atoms with Gasteiger partial charge in [-0.2, -0.15) is 5.10 Å². The third-order valence-corrected chi connectivity index (χ3v) is 6.34. The average Bonchev–Trinajstić information content (AvgIpc) is 3.40. The van der Waals surface area contributed by atoms with Crippen LogP contribution in [0.2, 0.25) is 0 Å². The van der Waals surface area contributed by atoms with E-state index in [0.717, 1.165) is 16.3 Å². The Balaban J connectivity index is 1.52. The Hall–Kier alpha value is -2.98. The standard InChI is InChI=1S/C19H18N6O2S2/c1-12-17(16(26)6-5-14-4-3-7-20-8-14)29-18(22-12)24-11-21-25(19(24)27)9-15-10-28-13(2)23-15/h3-4,7-8,10-11H,5-6,9H2,1-2H3. The number of aryl methyl sites for hydroxylation is 3. The Labute approximate surface area is 174 Å². The topological polar surface area (TPSA) is 95.6 Å². The predicted molar refractivity (Wildman–Crippen MR) is 111 cm³/mol. The molecule has 0 bridgehead atoms. The maximum atomic E-state index is 12.7. The van der Waals surface area contributed by atoms with Crippen LogP contribution in [-0.4, -0.2) is 35.1 Å². The lowest BCUT2D eigenvalue weighted by Crippen LogP contribution is -2.24. The number of pyridine rings is 1. The molecule has 29 heavy (non-hydrogen) atoms. The van der Waals surface area contributed by atoms with E-state index in [1.54, 1.807) is 19.3 Å². The second kappa shape index (κ2) is 8.18. The SMILES string of the molecule is Cc1nc(Cn2ncn(-c3nc(C)c(C(=O)CCc4cccnc4)s3)c2=O)cs1. The number of Topliss-reactive ketones (excluding diaryl/α,β-unsaturated/α-hetero) is 1. The second-order valence-electron chi connectivity index (χ2n) is 6.49. The lowest BCUT2D eigenvalue weighted by Gasteiger charge is -1.99. The average molecular weight is 427 g/mol. The molecule has 0 unspecified atom stereocenters. The Morgan fingerprint density at radius 2 is 2.10 bits per heavy atom. The number of thiazole rings is 2. The molecule has 0 N–H and O–H groups in total. The van der Waals surface area contributed by atoms with E-state index in [9.17, 15) is 9.59 Å². The maximum Gasteiger partial charge on any atom is 0.352 e. The number of nitrogens with zero attached hydrogens (tertiary/aromatic N) is 6. The van der Waals surface area contributed by atoms with Crippen LogP contribution in [0.15, 0.2) is 41.0 Å². The fourth-order valence-corrected chi connectivity index (χ4v) is 4.47. The highest BCUT2D eigenvalue weighted by Gasteiger charge is 2.18. The summed E-state index contributed by atoms with van der Waals surface area (Å²) in [5.41, 5.74) is 2.12. The van der Waals surface area contributed by atoms with Crippen LogP contribution in [0.1, 0.15) is 38.1 Å². The van der Waals surface area contributed by atoms with E-state index in [4.69, 9.17) is 0 Å². The molecular formula is C19H18N6O2S2. The van der Waals surface area contributed by atoms with Crippen LogP contribution in [0.25, 0.3) is 5.13 Å². The van der Waals surface area contributed by atoms with Gasteiger partial charge in [-0.3, -0.25) is 9.78 Å². The van der Waals surface area contributed by atoms with E-state index < -0.39 is 0 Å². The van der Waals surface area contributed by atoms with Crippen LogP contribution in [-0.2, 0) is 13.0 Å². The van der Waals surface area contributed by atoms with Crippen molar-refractivity contribution in [2.45, 2.75) is 33.2 Å². The van der Waals surface area contributed by atoms with Crippen molar-refractivity contribution in [3.63, 3.8) is 0 Å².